The highest BCUT2D eigenvalue weighted by Gasteiger charge is 2.58. The molecule has 2 rings (SSSR count). The van der Waals surface area contributed by atoms with Crippen LogP contribution in [0.25, 0.3) is 0 Å². The number of hydrogen-bond acceptors (Lipinski definition) is 3. The van der Waals surface area contributed by atoms with Gasteiger partial charge in [0.1, 0.15) is 5.60 Å². The first-order valence-electron chi connectivity index (χ1n) is 5.45. The second kappa shape index (κ2) is 3.22. The summed E-state index contributed by atoms with van der Waals surface area (Å²) in [5.41, 5.74) is -1.79. The van der Waals surface area contributed by atoms with Crippen LogP contribution in [0.15, 0.2) is 0 Å². The van der Waals surface area contributed by atoms with Crippen LogP contribution >= 0.6 is 0 Å². The fraction of sp³-hybridized carbons (Fsp3) is 0.818. The summed E-state index contributed by atoms with van der Waals surface area (Å²) in [6, 6.07) is 0. The second-order valence-corrected chi connectivity index (χ2v) is 4.95. The van der Waals surface area contributed by atoms with Gasteiger partial charge in [-0.05, 0) is 32.6 Å². The third-order valence-corrected chi connectivity index (χ3v) is 3.67. The van der Waals surface area contributed by atoms with E-state index in [0.29, 0.717) is 6.42 Å². The molecule has 0 radical (unpaired) electrons. The van der Waals surface area contributed by atoms with E-state index in [0.717, 1.165) is 32.1 Å². The Morgan fingerprint density at radius 1 is 1.33 bits per heavy atom. The zero-order valence-corrected chi connectivity index (χ0v) is 8.91. The standard InChI is InChI=1S/C11H16O4/c1-10(8(12)13)7-11(15-9(10)14)5-3-2-4-6-11/h2-7H2,1H3,(H,12,13). The minimum atomic E-state index is -1.32. The molecule has 1 atom stereocenters. The maximum Gasteiger partial charge on any atom is 0.323 e. The molecule has 1 aliphatic heterocycles. The van der Waals surface area contributed by atoms with Crippen molar-refractivity contribution in [2.75, 3.05) is 0 Å². The fourth-order valence-electron chi connectivity index (χ4n) is 2.70. The maximum atomic E-state index is 11.6. The van der Waals surface area contributed by atoms with Crippen LogP contribution in [-0.4, -0.2) is 22.6 Å². The maximum absolute atomic E-state index is 11.6. The number of ether oxygens (including phenoxy) is 1. The van der Waals surface area contributed by atoms with E-state index >= 15 is 0 Å². The number of carbonyl (C=O) groups excluding carboxylic acids is 1. The topological polar surface area (TPSA) is 63.6 Å². The van der Waals surface area contributed by atoms with Crippen molar-refractivity contribution in [3.05, 3.63) is 0 Å². The molecule has 0 aromatic rings. The van der Waals surface area contributed by atoms with Crippen molar-refractivity contribution < 1.29 is 19.4 Å². The van der Waals surface area contributed by atoms with Crippen LogP contribution in [-0.2, 0) is 14.3 Å². The molecular formula is C11H16O4. The first-order chi connectivity index (χ1) is 6.99. The first-order valence-corrected chi connectivity index (χ1v) is 5.45. The number of rotatable bonds is 1. The molecule has 1 saturated heterocycles. The van der Waals surface area contributed by atoms with Gasteiger partial charge in [0, 0.05) is 6.42 Å². The van der Waals surface area contributed by atoms with Crippen molar-refractivity contribution in [2.45, 2.75) is 51.0 Å². The third-order valence-electron chi connectivity index (χ3n) is 3.67. The van der Waals surface area contributed by atoms with Crippen LogP contribution in [0.4, 0.5) is 0 Å². The van der Waals surface area contributed by atoms with E-state index in [9.17, 15) is 9.59 Å². The summed E-state index contributed by atoms with van der Waals surface area (Å²) in [6.07, 6.45) is 5.20. The van der Waals surface area contributed by atoms with Crippen LogP contribution in [0.2, 0.25) is 0 Å². The van der Waals surface area contributed by atoms with E-state index in [1.807, 2.05) is 0 Å². The largest absolute Gasteiger partial charge is 0.480 e. The van der Waals surface area contributed by atoms with Gasteiger partial charge in [-0.15, -0.1) is 0 Å². The average Bonchev–Trinajstić information content (AvgIpc) is 2.41. The van der Waals surface area contributed by atoms with Crippen molar-refractivity contribution >= 4 is 11.9 Å². The molecule has 84 valence electrons. The minimum absolute atomic E-state index is 0.341. The molecule has 1 N–H and O–H groups in total. The average molecular weight is 212 g/mol. The lowest BCUT2D eigenvalue weighted by Crippen LogP contribution is -2.34. The number of esters is 1. The first kappa shape index (κ1) is 10.5. The molecule has 1 aliphatic carbocycles. The summed E-state index contributed by atoms with van der Waals surface area (Å²) in [7, 11) is 0. The third kappa shape index (κ3) is 1.52. The molecule has 2 aliphatic rings. The second-order valence-electron chi connectivity index (χ2n) is 4.95. The zero-order valence-electron chi connectivity index (χ0n) is 8.91. The Bertz CT molecular complexity index is 304. The lowest BCUT2D eigenvalue weighted by molar-refractivity contribution is -0.162. The Hall–Kier alpha value is -1.06. The van der Waals surface area contributed by atoms with Gasteiger partial charge in [0.2, 0.25) is 0 Å². The summed E-state index contributed by atoms with van der Waals surface area (Å²) < 4.78 is 5.35. The number of hydrogen-bond donors (Lipinski definition) is 1. The molecule has 0 bridgehead atoms. The molecule has 2 fully saturated rings. The fourth-order valence-corrected chi connectivity index (χ4v) is 2.70. The van der Waals surface area contributed by atoms with Gasteiger partial charge < -0.3 is 9.84 Å². The summed E-state index contributed by atoms with van der Waals surface area (Å²) in [5.74, 6) is -1.62. The molecule has 4 nitrogen and oxygen atoms in total. The molecule has 0 amide bonds. The molecule has 1 unspecified atom stereocenters. The van der Waals surface area contributed by atoms with E-state index in [4.69, 9.17) is 9.84 Å². The van der Waals surface area contributed by atoms with Crippen LogP contribution in [0, 0.1) is 5.41 Å². The Kier molecular flexibility index (Phi) is 2.24. The normalized spacial score (nSPS) is 34.1. The van der Waals surface area contributed by atoms with Crippen molar-refractivity contribution in [2.24, 2.45) is 5.41 Å². The van der Waals surface area contributed by atoms with E-state index < -0.39 is 23.0 Å². The molecule has 1 saturated carbocycles. The molecular weight excluding hydrogens is 196 g/mol. The van der Waals surface area contributed by atoms with Gasteiger partial charge in [-0.25, -0.2) is 0 Å². The number of carboxylic acids is 1. The minimum Gasteiger partial charge on any atom is -0.480 e. The number of aliphatic carboxylic acids is 1. The van der Waals surface area contributed by atoms with Gasteiger partial charge in [-0.3, -0.25) is 9.59 Å². The highest BCUT2D eigenvalue weighted by molar-refractivity contribution is 6.00. The molecule has 15 heavy (non-hydrogen) atoms. The molecule has 1 heterocycles. The summed E-state index contributed by atoms with van der Waals surface area (Å²) in [6.45, 7) is 1.47. The Labute approximate surface area is 88.6 Å². The van der Waals surface area contributed by atoms with Crippen LogP contribution in [0.5, 0.6) is 0 Å². The smallest absolute Gasteiger partial charge is 0.323 e. The number of carboxylic acid groups (broad SMARTS) is 1. The summed E-state index contributed by atoms with van der Waals surface area (Å²) in [4.78, 5) is 22.7. The van der Waals surface area contributed by atoms with E-state index in [2.05, 4.69) is 0 Å². The van der Waals surface area contributed by atoms with Crippen molar-refractivity contribution in [3.63, 3.8) is 0 Å². The van der Waals surface area contributed by atoms with Crippen molar-refractivity contribution in [3.8, 4) is 0 Å². The molecule has 0 aromatic heterocycles. The van der Waals surface area contributed by atoms with Gasteiger partial charge in [0.05, 0.1) is 0 Å². The highest BCUT2D eigenvalue weighted by Crippen LogP contribution is 2.47. The predicted octanol–water partition coefficient (Wildman–Crippen LogP) is 1.73. The van der Waals surface area contributed by atoms with Gasteiger partial charge in [-0.1, -0.05) is 6.42 Å². The molecule has 4 heteroatoms. The van der Waals surface area contributed by atoms with E-state index in [1.54, 1.807) is 0 Å². The molecule has 1 spiro atoms. The monoisotopic (exact) mass is 212 g/mol. The Morgan fingerprint density at radius 2 is 1.93 bits per heavy atom. The van der Waals surface area contributed by atoms with Gasteiger partial charge in [0.15, 0.2) is 5.41 Å². The molecule has 0 aromatic carbocycles. The highest BCUT2D eigenvalue weighted by atomic mass is 16.6. The Morgan fingerprint density at radius 3 is 2.40 bits per heavy atom. The zero-order chi connectivity index (χ0) is 11.1. The SMILES string of the molecule is CC1(C(=O)O)CC2(CCCCC2)OC1=O. The van der Waals surface area contributed by atoms with Crippen molar-refractivity contribution in [1.29, 1.82) is 0 Å². The quantitative estimate of drug-likeness (QED) is 0.531. The lowest BCUT2D eigenvalue weighted by Gasteiger charge is -2.31. The van der Waals surface area contributed by atoms with Crippen LogP contribution in [0.3, 0.4) is 0 Å². The summed E-state index contributed by atoms with van der Waals surface area (Å²) >= 11 is 0. The Balaban J connectivity index is 2.22. The predicted molar refractivity (Wildman–Crippen MR) is 52.3 cm³/mol. The summed E-state index contributed by atoms with van der Waals surface area (Å²) in [5, 5.41) is 9.06. The van der Waals surface area contributed by atoms with Crippen molar-refractivity contribution in [1.82, 2.24) is 0 Å². The van der Waals surface area contributed by atoms with Gasteiger partial charge in [0.25, 0.3) is 0 Å². The van der Waals surface area contributed by atoms with Gasteiger partial charge >= 0.3 is 11.9 Å². The van der Waals surface area contributed by atoms with Crippen LogP contribution in [0.1, 0.15) is 45.4 Å². The van der Waals surface area contributed by atoms with Gasteiger partial charge in [-0.2, -0.15) is 0 Å². The van der Waals surface area contributed by atoms with E-state index in [-0.39, 0.29) is 0 Å². The lowest BCUT2D eigenvalue weighted by atomic mass is 9.75. The van der Waals surface area contributed by atoms with Crippen LogP contribution < -0.4 is 0 Å². The number of carbonyl (C=O) groups is 2. The van der Waals surface area contributed by atoms with E-state index in [1.165, 1.54) is 6.92 Å².